The normalized spacial score (nSPS) is 10.6. The molecule has 33 heavy (non-hydrogen) atoms. The van der Waals surface area contributed by atoms with Crippen LogP contribution in [-0.2, 0) is 22.7 Å². The molecule has 0 spiro atoms. The van der Waals surface area contributed by atoms with Gasteiger partial charge in [-0.05, 0) is 57.2 Å². The molecule has 0 saturated carbocycles. The van der Waals surface area contributed by atoms with E-state index in [2.05, 4.69) is 31.8 Å². The molecular formula is C25H24BrN3O4. The van der Waals surface area contributed by atoms with Gasteiger partial charge in [0.15, 0.2) is 11.5 Å². The van der Waals surface area contributed by atoms with Gasteiger partial charge < -0.3 is 14.8 Å². The molecule has 8 heteroatoms. The Morgan fingerprint density at radius 3 is 2.48 bits per heavy atom. The molecule has 0 aliphatic heterocycles. The van der Waals surface area contributed by atoms with E-state index in [1.165, 1.54) is 6.21 Å². The van der Waals surface area contributed by atoms with Crippen molar-refractivity contribution in [3.05, 3.63) is 93.5 Å². The molecule has 170 valence electrons. The predicted molar refractivity (Wildman–Crippen MR) is 130 cm³/mol. The number of aryl methyl sites for hydroxylation is 1. The second kappa shape index (κ2) is 11.8. The highest BCUT2D eigenvalue weighted by Gasteiger charge is 2.14. The number of hydrogen-bond acceptors (Lipinski definition) is 5. The SMILES string of the molecule is COc1cc(/C=N/NC(=O)C(=O)NCc2ccccc2)cc(Br)c1OCc1ccccc1C. The summed E-state index contributed by atoms with van der Waals surface area (Å²) in [6, 6.07) is 20.8. The fourth-order valence-electron chi connectivity index (χ4n) is 2.95. The van der Waals surface area contributed by atoms with E-state index in [0.717, 1.165) is 16.7 Å². The molecule has 0 aliphatic rings. The first kappa shape index (κ1) is 24.0. The number of carbonyl (C=O) groups excluding carboxylic acids is 2. The van der Waals surface area contributed by atoms with E-state index in [1.54, 1.807) is 19.2 Å². The quantitative estimate of drug-likeness (QED) is 0.271. The van der Waals surface area contributed by atoms with E-state index >= 15 is 0 Å². The molecule has 2 amide bonds. The molecule has 3 aromatic rings. The van der Waals surface area contributed by atoms with Gasteiger partial charge in [0.05, 0.1) is 17.8 Å². The maximum Gasteiger partial charge on any atom is 0.329 e. The molecule has 0 atom stereocenters. The van der Waals surface area contributed by atoms with Crippen LogP contribution in [0.4, 0.5) is 0 Å². The number of amides is 2. The summed E-state index contributed by atoms with van der Waals surface area (Å²) in [6.45, 7) is 2.68. The number of hydrogen-bond donors (Lipinski definition) is 2. The summed E-state index contributed by atoms with van der Waals surface area (Å²) < 4.78 is 12.1. The molecule has 0 fully saturated rings. The first-order valence-electron chi connectivity index (χ1n) is 10.2. The van der Waals surface area contributed by atoms with Gasteiger partial charge in [-0.1, -0.05) is 54.6 Å². The highest BCUT2D eigenvalue weighted by atomic mass is 79.9. The van der Waals surface area contributed by atoms with Crippen LogP contribution in [0.25, 0.3) is 0 Å². The molecule has 0 saturated heterocycles. The summed E-state index contributed by atoms with van der Waals surface area (Å²) in [5.74, 6) is -0.560. The van der Waals surface area contributed by atoms with Gasteiger partial charge in [-0.3, -0.25) is 9.59 Å². The molecule has 0 aromatic heterocycles. The lowest BCUT2D eigenvalue weighted by atomic mass is 10.1. The van der Waals surface area contributed by atoms with Crippen LogP contribution >= 0.6 is 15.9 Å². The zero-order valence-electron chi connectivity index (χ0n) is 18.3. The minimum absolute atomic E-state index is 0.255. The Morgan fingerprint density at radius 2 is 1.76 bits per heavy atom. The third-order valence-electron chi connectivity index (χ3n) is 4.77. The molecular weight excluding hydrogens is 486 g/mol. The molecule has 0 bridgehead atoms. The van der Waals surface area contributed by atoms with E-state index in [9.17, 15) is 9.59 Å². The fraction of sp³-hybridized carbons (Fsp3) is 0.160. The molecule has 0 radical (unpaired) electrons. The summed E-state index contributed by atoms with van der Waals surface area (Å²) in [7, 11) is 1.54. The van der Waals surface area contributed by atoms with Crippen LogP contribution < -0.4 is 20.2 Å². The first-order valence-corrected chi connectivity index (χ1v) is 11.0. The topological polar surface area (TPSA) is 89.0 Å². The van der Waals surface area contributed by atoms with Crippen LogP contribution in [0.1, 0.15) is 22.3 Å². The minimum Gasteiger partial charge on any atom is -0.493 e. The van der Waals surface area contributed by atoms with Crippen LogP contribution in [0.3, 0.4) is 0 Å². The summed E-state index contributed by atoms with van der Waals surface area (Å²) >= 11 is 3.50. The van der Waals surface area contributed by atoms with Crippen molar-refractivity contribution in [3.63, 3.8) is 0 Å². The van der Waals surface area contributed by atoms with Crippen LogP contribution in [0, 0.1) is 6.92 Å². The van der Waals surface area contributed by atoms with Gasteiger partial charge in [-0.2, -0.15) is 5.10 Å². The van der Waals surface area contributed by atoms with Gasteiger partial charge in [-0.15, -0.1) is 0 Å². The Morgan fingerprint density at radius 1 is 1.03 bits per heavy atom. The molecule has 3 rings (SSSR count). The minimum atomic E-state index is -0.855. The standard InChI is InChI=1S/C25H24BrN3O4/c1-17-8-6-7-11-20(17)16-33-23-21(26)12-19(13-22(23)32-2)15-28-29-25(31)24(30)27-14-18-9-4-3-5-10-18/h3-13,15H,14,16H2,1-2H3,(H,27,30)(H,29,31)/b28-15+. The van der Waals surface area contributed by atoms with Crippen LogP contribution in [0.2, 0.25) is 0 Å². The summed E-state index contributed by atoms with van der Waals surface area (Å²) in [4.78, 5) is 23.9. The zero-order chi connectivity index (χ0) is 23.6. The fourth-order valence-corrected chi connectivity index (χ4v) is 3.53. The van der Waals surface area contributed by atoms with Crippen LogP contribution in [0.15, 0.2) is 76.3 Å². The second-order valence-electron chi connectivity index (χ2n) is 7.12. The number of benzene rings is 3. The monoisotopic (exact) mass is 509 g/mol. The van der Waals surface area contributed by atoms with Crippen molar-refractivity contribution in [1.29, 1.82) is 0 Å². The summed E-state index contributed by atoms with van der Waals surface area (Å²) in [5, 5.41) is 6.41. The van der Waals surface area contributed by atoms with Gasteiger partial charge in [0.25, 0.3) is 0 Å². The van der Waals surface area contributed by atoms with Crippen molar-refractivity contribution in [2.45, 2.75) is 20.1 Å². The average molecular weight is 510 g/mol. The maximum absolute atomic E-state index is 12.0. The van der Waals surface area contributed by atoms with Crippen LogP contribution in [0.5, 0.6) is 11.5 Å². The van der Waals surface area contributed by atoms with Gasteiger partial charge in [-0.25, -0.2) is 5.43 Å². The highest BCUT2D eigenvalue weighted by Crippen LogP contribution is 2.37. The van der Waals surface area contributed by atoms with Crippen molar-refractivity contribution in [2.75, 3.05) is 7.11 Å². The van der Waals surface area contributed by atoms with Crippen molar-refractivity contribution in [1.82, 2.24) is 10.7 Å². The number of rotatable bonds is 8. The van der Waals surface area contributed by atoms with Crippen molar-refractivity contribution < 1.29 is 19.1 Å². The molecule has 0 unspecified atom stereocenters. The predicted octanol–water partition coefficient (Wildman–Crippen LogP) is 4.11. The molecule has 2 N–H and O–H groups in total. The Labute approximate surface area is 200 Å². The van der Waals surface area contributed by atoms with Crippen LogP contribution in [-0.4, -0.2) is 25.1 Å². The number of nitrogens with zero attached hydrogens (tertiary/aromatic N) is 1. The second-order valence-corrected chi connectivity index (χ2v) is 7.97. The number of carbonyl (C=O) groups is 2. The van der Waals surface area contributed by atoms with Gasteiger partial charge in [0, 0.05) is 6.54 Å². The van der Waals surface area contributed by atoms with Gasteiger partial charge >= 0.3 is 11.8 Å². The molecule has 3 aromatic carbocycles. The van der Waals surface area contributed by atoms with E-state index in [0.29, 0.717) is 28.1 Å². The van der Waals surface area contributed by atoms with Gasteiger partial charge in [0.1, 0.15) is 6.61 Å². The zero-order valence-corrected chi connectivity index (χ0v) is 19.9. The number of hydrazone groups is 1. The maximum atomic E-state index is 12.0. The third-order valence-corrected chi connectivity index (χ3v) is 5.36. The summed E-state index contributed by atoms with van der Waals surface area (Å²) in [6.07, 6.45) is 1.42. The van der Waals surface area contributed by atoms with Crippen molar-refractivity contribution in [3.8, 4) is 11.5 Å². The van der Waals surface area contributed by atoms with Gasteiger partial charge in [0.2, 0.25) is 0 Å². The number of halogens is 1. The number of ether oxygens (including phenoxy) is 2. The highest BCUT2D eigenvalue weighted by molar-refractivity contribution is 9.10. The third kappa shape index (κ3) is 6.92. The first-order chi connectivity index (χ1) is 16.0. The smallest absolute Gasteiger partial charge is 0.329 e. The Kier molecular flexibility index (Phi) is 8.60. The van der Waals surface area contributed by atoms with Crippen molar-refractivity contribution in [2.24, 2.45) is 5.10 Å². The van der Waals surface area contributed by atoms with Crippen molar-refractivity contribution >= 4 is 34.0 Å². The van der Waals surface area contributed by atoms with E-state index in [4.69, 9.17) is 9.47 Å². The lowest BCUT2D eigenvalue weighted by Crippen LogP contribution is -2.37. The molecule has 7 nitrogen and oxygen atoms in total. The lowest BCUT2D eigenvalue weighted by Gasteiger charge is -2.14. The average Bonchev–Trinajstić information content (AvgIpc) is 2.83. The number of methoxy groups -OCH3 is 1. The van der Waals surface area contributed by atoms with E-state index in [1.807, 2.05) is 61.5 Å². The Bertz CT molecular complexity index is 1150. The van der Waals surface area contributed by atoms with E-state index in [-0.39, 0.29) is 6.54 Å². The summed E-state index contributed by atoms with van der Waals surface area (Å²) in [5.41, 5.74) is 5.97. The van der Waals surface area contributed by atoms with E-state index < -0.39 is 11.8 Å². The largest absolute Gasteiger partial charge is 0.493 e. The number of nitrogens with one attached hydrogen (secondary N) is 2. The molecule has 0 aliphatic carbocycles. The Hall–Kier alpha value is -3.65. The lowest BCUT2D eigenvalue weighted by molar-refractivity contribution is -0.139. The molecule has 0 heterocycles. The Balaban J connectivity index is 1.59.